The maximum absolute atomic E-state index is 13.3. The van der Waals surface area contributed by atoms with E-state index in [1.54, 1.807) is 0 Å². The molecule has 33 heavy (non-hydrogen) atoms. The standard InChI is InChI=1S/C22H27F3N6O.ClH/c1-13(32)27-15-5-4-10-31(12-15)20-16-6-2-3-7-19(16)29-21(30-20)28-14-8-9-18(26)17(11-14)22(23,24)25;/h8-9,11,15H,2-7,10,12,26H2,1H3,(H,27,32)(H,28,29,30);1H. The summed E-state index contributed by atoms with van der Waals surface area (Å²) >= 11 is 0. The normalized spacial score (nSPS) is 18.2. The van der Waals surface area contributed by atoms with Crippen molar-refractivity contribution >= 4 is 41.5 Å². The van der Waals surface area contributed by atoms with Crippen LogP contribution >= 0.6 is 12.4 Å². The molecule has 4 N–H and O–H groups in total. The van der Waals surface area contributed by atoms with Gasteiger partial charge in [-0.2, -0.15) is 18.2 Å². The number of carbonyl (C=O) groups is 1. The summed E-state index contributed by atoms with van der Waals surface area (Å²) in [7, 11) is 0. The molecule has 0 saturated carbocycles. The molecule has 1 aliphatic heterocycles. The number of piperidine rings is 1. The smallest absolute Gasteiger partial charge is 0.398 e. The summed E-state index contributed by atoms with van der Waals surface area (Å²) < 4.78 is 39.8. The van der Waals surface area contributed by atoms with Gasteiger partial charge in [-0.05, 0) is 56.7 Å². The molecular formula is C22H28ClF3N6O. The number of anilines is 4. The van der Waals surface area contributed by atoms with Crippen LogP contribution in [0.4, 0.5) is 36.3 Å². The van der Waals surface area contributed by atoms with E-state index in [1.807, 2.05) is 0 Å². The van der Waals surface area contributed by atoms with Crippen molar-refractivity contribution in [3.8, 4) is 0 Å². The first-order valence-corrected chi connectivity index (χ1v) is 10.9. The van der Waals surface area contributed by atoms with E-state index in [0.717, 1.165) is 68.2 Å². The van der Waals surface area contributed by atoms with Gasteiger partial charge in [-0.15, -0.1) is 12.4 Å². The molecule has 11 heteroatoms. The topological polar surface area (TPSA) is 96.2 Å². The quantitative estimate of drug-likeness (QED) is 0.562. The van der Waals surface area contributed by atoms with Gasteiger partial charge in [0, 0.05) is 43.0 Å². The lowest BCUT2D eigenvalue weighted by atomic mass is 9.95. The van der Waals surface area contributed by atoms with E-state index in [4.69, 9.17) is 10.7 Å². The first-order valence-electron chi connectivity index (χ1n) is 10.9. The predicted molar refractivity (Wildman–Crippen MR) is 124 cm³/mol. The number of benzene rings is 1. The van der Waals surface area contributed by atoms with Crippen molar-refractivity contribution < 1.29 is 18.0 Å². The molecule has 2 aliphatic rings. The second-order valence-corrected chi connectivity index (χ2v) is 8.41. The maximum Gasteiger partial charge on any atom is 0.418 e. The number of nitrogen functional groups attached to an aromatic ring is 1. The zero-order valence-electron chi connectivity index (χ0n) is 18.3. The van der Waals surface area contributed by atoms with E-state index in [2.05, 4.69) is 20.5 Å². The van der Waals surface area contributed by atoms with E-state index in [-0.39, 0.29) is 41.7 Å². The molecule has 0 spiro atoms. The van der Waals surface area contributed by atoms with Crippen molar-refractivity contribution in [3.05, 3.63) is 35.0 Å². The number of hydrogen-bond acceptors (Lipinski definition) is 6. The number of aromatic nitrogens is 2. The molecule has 1 amide bonds. The third-order valence-electron chi connectivity index (χ3n) is 5.90. The van der Waals surface area contributed by atoms with Gasteiger partial charge < -0.3 is 21.3 Å². The summed E-state index contributed by atoms with van der Waals surface area (Å²) in [4.78, 5) is 23.0. The number of aryl methyl sites for hydroxylation is 1. The summed E-state index contributed by atoms with van der Waals surface area (Å²) in [6.45, 7) is 2.96. The molecule has 1 fully saturated rings. The molecule has 2 heterocycles. The van der Waals surface area contributed by atoms with Crippen molar-refractivity contribution in [2.45, 2.75) is 57.7 Å². The monoisotopic (exact) mass is 484 g/mol. The van der Waals surface area contributed by atoms with Crippen LogP contribution in [0, 0.1) is 0 Å². The van der Waals surface area contributed by atoms with Gasteiger partial charge in [-0.25, -0.2) is 4.98 Å². The summed E-state index contributed by atoms with van der Waals surface area (Å²) in [5.41, 5.74) is 6.54. The Balaban J connectivity index is 0.00000306. The van der Waals surface area contributed by atoms with Gasteiger partial charge in [-0.3, -0.25) is 4.79 Å². The van der Waals surface area contributed by atoms with Crippen LogP contribution in [0.15, 0.2) is 18.2 Å². The lowest BCUT2D eigenvalue weighted by Gasteiger charge is -2.36. The zero-order chi connectivity index (χ0) is 22.9. The number of fused-ring (bicyclic) bond motifs is 1. The Bertz CT molecular complexity index is 1020. The molecule has 0 bridgehead atoms. The van der Waals surface area contributed by atoms with Gasteiger partial charge in [0.25, 0.3) is 0 Å². The minimum Gasteiger partial charge on any atom is -0.398 e. The Kier molecular flexibility index (Phi) is 7.56. The number of alkyl halides is 3. The first kappa shape index (κ1) is 24.9. The van der Waals surface area contributed by atoms with Gasteiger partial charge in [0.15, 0.2) is 0 Å². The van der Waals surface area contributed by atoms with Crippen molar-refractivity contribution in [3.63, 3.8) is 0 Å². The van der Waals surface area contributed by atoms with Crippen LogP contribution < -0.4 is 21.3 Å². The molecule has 7 nitrogen and oxygen atoms in total. The number of halogens is 4. The van der Waals surface area contributed by atoms with Crippen molar-refractivity contribution in [1.82, 2.24) is 15.3 Å². The van der Waals surface area contributed by atoms with Gasteiger partial charge in [0.1, 0.15) is 5.82 Å². The second-order valence-electron chi connectivity index (χ2n) is 8.41. The maximum atomic E-state index is 13.3. The number of rotatable bonds is 4. The molecule has 180 valence electrons. The van der Waals surface area contributed by atoms with Crippen LogP contribution in [0.5, 0.6) is 0 Å². The SMILES string of the molecule is CC(=O)NC1CCCN(c2nc(Nc3ccc(N)c(C(F)(F)F)c3)nc3c2CCCC3)C1.Cl. The minimum atomic E-state index is -4.55. The van der Waals surface area contributed by atoms with E-state index >= 15 is 0 Å². The van der Waals surface area contributed by atoms with Crippen LogP contribution in [-0.4, -0.2) is 35.0 Å². The fourth-order valence-corrected chi connectivity index (χ4v) is 4.48. The lowest BCUT2D eigenvalue weighted by molar-refractivity contribution is -0.136. The third-order valence-corrected chi connectivity index (χ3v) is 5.90. The second kappa shape index (κ2) is 10.0. The highest BCUT2D eigenvalue weighted by Gasteiger charge is 2.33. The number of nitrogens with one attached hydrogen (secondary N) is 2. The molecule has 1 aliphatic carbocycles. The molecule has 2 aromatic rings. The van der Waals surface area contributed by atoms with Crippen molar-refractivity contribution in [2.75, 3.05) is 29.0 Å². The Morgan fingerprint density at radius 1 is 1.18 bits per heavy atom. The van der Waals surface area contributed by atoms with Crippen LogP contribution in [0.3, 0.4) is 0 Å². The highest BCUT2D eigenvalue weighted by molar-refractivity contribution is 5.85. The largest absolute Gasteiger partial charge is 0.418 e. The summed E-state index contributed by atoms with van der Waals surface area (Å²) in [6, 6.07) is 3.73. The van der Waals surface area contributed by atoms with Gasteiger partial charge in [0.05, 0.1) is 11.3 Å². The molecule has 1 unspecified atom stereocenters. The minimum absolute atomic E-state index is 0. The van der Waals surface area contributed by atoms with Gasteiger partial charge in [0.2, 0.25) is 11.9 Å². The van der Waals surface area contributed by atoms with Gasteiger partial charge >= 0.3 is 6.18 Å². The Hall–Kier alpha value is -2.75. The van der Waals surface area contributed by atoms with E-state index < -0.39 is 11.7 Å². The van der Waals surface area contributed by atoms with Crippen molar-refractivity contribution in [2.24, 2.45) is 0 Å². The molecule has 4 rings (SSSR count). The zero-order valence-corrected chi connectivity index (χ0v) is 19.2. The highest BCUT2D eigenvalue weighted by Crippen LogP contribution is 2.36. The Labute approximate surface area is 196 Å². The van der Waals surface area contributed by atoms with Gasteiger partial charge in [-0.1, -0.05) is 0 Å². The lowest BCUT2D eigenvalue weighted by Crippen LogP contribution is -2.48. The summed E-state index contributed by atoms with van der Waals surface area (Å²) in [5.74, 6) is 1.01. The van der Waals surface area contributed by atoms with E-state index in [1.165, 1.54) is 19.1 Å². The van der Waals surface area contributed by atoms with E-state index in [0.29, 0.717) is 6.54 Å². The Morgan fingerprint density at radius 2 is 1.94 bits per heavy atom. The van der Waals surface area contributed by atoms with Crippen LogP contribution in [0.25, 0.3) is 0 Å². The molecule has 1 aromatic carbocycles. The Morgan fingerprint density at radius 3 is 2.67 bits per heavy atom. The fraction of sp³-hybridized carbons (Fsp3) is 0.500. The van der Waals surface area contributed by atoms with Crippen molar-refractivity contribution in [1.29, 1.82) is 0 Å². The first-order chi connectivity index (χ1) is 15.2. The number of nitrogens with two attached hydrogens (primary N) is 1. The summed E-state index contributed by atoms with van der Waals surface area (Å²) in [5, 5.41) is 5.93. The molecule has 1 atom stereocenters. The number of nitrogens with zero attached hydrogens (tertiary/aromatic N) is 3. The third kappa shape index (κ3) is 5.79. The molecule has 0 radical (unpaired) electrons. The van der Waals surface area contributed by atoms with Crippen LogP contribution in [0.1, 0.15) is 49.4 Å². The predicted octanol–water partition coefficient (Wildman–Crippen LogP) is 4.23. The van der Waals surface area contributed by atoms with E-state index in [9.17, 15) is 18.0 Å². The average Bonchev–Trinajstić information content (AvgIpc) is 2.73. The number of carbonyl (C=O) groups excluding carboxylic acids is 1. The number of hydrogen-bond donors (Lipinski definition) is 3. The number of amides is 1. The molecular weight excluding hydrogens is 457 g/mol. The van der Waals surface area contributed by atoms with Crippen LogP contribution in [0.2, 0.25) is 0 Å². The van der Waals surface area contributed by atoms with Crippen LogP contribution in [-0.2, 0) is 23.8 Å². The average molecular weight is 485 g/mol. The fourth-order valence-electron chi connectivity index (χ4n) is 4.48. The molecule has 1 saturated heterocycles. The summed E-state index contributed by atoms with van der Waals surface area (Å²) in [6.07, 6.45) is 1.00. The highest BCUT2D eigenvalue weighted by atomic mass is 35.5. The molecule has 1 aromatic heterocycles.